The second-order valence-corrected chi connectivity index (χ2v) is 3.44. The van der Waals surface area contributed by atoms with Gasteiger partial charge in [0, 0.05) is 34.1 Å². The van der Waals surface area contributed by atoms with Crippen LogP contribution in [-0.2, 0) is 6.61 Å². The van der Waals surface area contributed by atoms with E-state index in [-0.39, 0.29) is 6.61 Å². The molecule has 2 nitrogen and oxygen atoms in total. The molecular weight excluding hydrogens is 198 g/mol. The molecule has 2 N–H and O–H groups in total. The van der Waals surface area contributed by atoms with Gasteiger partial charge >= 0.3 is 0 Å². The minimum atomic E-state index is 0.0179. The van der Waals surface area contributed by atoms with Crippen molar-refractivity contribution in [1.29, 1.82) is 0 Å². The predicted octanol–water partition coefficient (Wildman–Crippen LogP) is 2.83. The van der Waals surface area contributed by atoms with Crippen molar-refractivity contribution in [2.75, 3.05) is 0 Å². The van der Waals surface area contributed by atoms with Crippen molar-refractivity contribution in [3.63, 3.8) is 0 Å². The molecule has 0 saturated carbocycles. The molecule has 0 radical (unpaired) electrons. The quantitative estimate of drug-likeness (QED) is 0.781. The van der Waals surface area contributed by atoms with Gasteiger partial charge < -0.3 is 10.1 Å². The van der Waals surface area contributed by atoms with Gasteiger partial charge in [0.15, 0.2) is 0 Å². The fraction of sp³-hybridized carbons (Fsp3) is 0.0909. The molecule has 0 unspecified atom stereocenters. The molecule has 0 bridgehead atoms. The zero-order valence-electron chi connectivity index (χ0n) is 7.50. The lowest BCUT2D eigenvalue weighted by Crippen LogP contribution is -1.84. The zero-order valence-corrected chi connectivity index (χ0v) is 8.25. The lowest BCUT2D eigenvalue weighted by atomic mass is 10.1. The number of hydrogen-bond acceptors (Lipinski definition) is 1. The summed E-state index contributed by atoms with van der Waals surface area (Å²) in [5, 5.41) is 9.79. The van der Waals surface area contributed by atoms with Gasteiger partial charge in [-0.25, -0.2) is 0 Å². The first-order valence-electron chi connectivity index (χ1n) is 4.34. The highest BCUT2D eigenvalue weighted by Gasteiger charge is 2.07. The number of hydrogen-bond donors (Lipinski definition) is 2. The van der Waals surface area contributed by atoms with Gasteiger partial charge in [0.05, 0.1) is 6.61 Å². The zero-order chi connectivity index (χ0) is 9.97. The van der Waals surface area contributed by atoms with Gasteiger partial charge in [0.25, 0.3) is 0 Å². The van der Waals surface area contributed by atoms with Crippen LogP contribution < -0.4 is 0 Å². The molecular formula is C11H10ClNO. The summed E-state index contributed by atoms with van der Waals surface area (Å²) >= 11 is 6.05. The van der Waals surface area contributed by atoms with E-state index >= 15 is 0 Å². The summed E-state index contributed by atoms with van der Waals surface area (Å²) in [6.45, 7) is 0.0179. The Morgan fingerprint density at radius 1 is 1.14 bits per heavy atom. The van der Waals surface area contributed by atoms with Crippen LogP contribution in [0.15, 0.2) is 36.7 Å². The maximum absolute atomic E-state index is 9.10. The number of halogens is 1. The van der Waals surface area contributed by atoms with Crippen LogP contribution in [0.5, 0.6) is 0 Å². The Morgan fingerprint density at radius 3 is 2.64 bits per heavy atom. The fourth-order valence-corrected chi connectivity index (χ4v) is 1.69. The molecule has 3 heteroatoms. The van der Waals surface area contributed by atoms with Crippen molar-refractivity contribution < 1.29 is 5.11 Å². The van der Waals surface area contributed by atoms with Gasteiger partial charge in [-0.2, -0.15) is 0 Å². The Labute approximate surface area is 87.2 Å². The summed E-state index contributed by atoms with van der Waals surface area (Å²) < 4.78 is 0. The lowest BCUT2D eigenvalue weighted by Gasteiger charge is -2.03. The Balaban J connectivity index is 2.54. The molecule has 72 valence electrons. The number of H-pyrrole nitrogens is 1. The van der Waals surface area contributed by atoms with E-state index in [0.717, 1.165) is 16.7 Å². The minimum absolute atomic E-state index is 0.0179. The molecule has 1 aromatic carbocycles. The Kier molecular flexibility index (Phi) is 2.57. The van der Waals surface area contributed by atoms with Crippen molar-refractivity contribution in [2.24, 2.45) is 0 Å². The molecule has 1 aromatic heterocycles. The molecule has 2 aromatic rings. The number of rotatable bonds is 2. The molecule has 14 heavy (non-hydrogen) atoms. The number of aromatic nitrogens is 1. The number of aliphatic hydroxyl groups is 1. The average molecular weight is 208 g/mol. The minimum Gasteiger partial charge on any atom is -0.392 e. The molecule has 0 spiro atoms. The van der Waals surface area contributed by atoms with Crippen molar-refractivity contribution in [1.82, 2.24) is 4.98 Å². The van der Waals surface area contributed by atoms with Crippen LogP contribution in [0.4, 0.5) is 0 Å². The van der Waals surface area contributed by atoms with Crippen LogP contribution in [0.25, 0.3) is 11.1 Å². The summed E-state index contributed by atoms with van der Waals surface area (Å²) in [7, 11) is 0. The number of nitrogens with one attached hydrogen (secondary N) is 1. The van der Waals surface area contributed by atoms with Crippen LogP contribution in [0, 0.1) is 0 Å². The third-order valence-electron chi connectivity index (χ3n) is 2.17. The average Bonchev–Trinajstić information content (AvgIpc) is 2.66. The van der Waals surface area contributed by atoms with Crippen molar-refractivity contribution in [2.45, 2.75) is 6.61 Å². The predicted molar refractivity (Wildman–Crippen MR) is 57.2 cm³/mol. The second-order valence-electron chi connectivity index (χ2n) is 3.03. The van der Waals surface area contributed by atoms with Gasteiger partial charge in [-0.15, -0.1) is 0 Å². The van der Waals surface area contributed by atoms with Crippen molar-refractivity contribution in [3.8, 4) is 11.1 Å². The van der Waals surface area contributed by atoms with E-state index in [0.29, 0.717) is 5.02 Å². The van der Waals surface area contributed by atoms with Gasteiger partial charge in [-0.1, -0.05) is 29.8 Å². The molecule has 0 saturated heterocycles. The first-order chi connectivity index (χ1) is 6.83. The maximum atomic E-state index is 9.10. The van der Waals surface area contributed by atoms with Gasteiger partial charge in [0.2, 0.25) is 0 Å². The Morgan fingerprint density at radius 2 is 1.93 bits per heavy atom. The lowest BCUT2D eigenvalue weighted by molar-refractivity contribution is 0.282. The third-order valence-corrected chi connectivity index (χ3v) is 2.50. The molecule has 0 amide bonds. The molecule has 2 rings (SSSR count). The number of aromatic amines is 1. The van der Waals surface area contributed by atoms with Gasteiger partial charge in [-0.3, -0.25) is 0 Å². The Bertz CT molecular complexity index is 436. The Hall–Kier alpha value is -1.25. The van der Waals surface area contributed by atoms with E-state index < -0.39 is 0 Å². The van der Waals surface area contributed by atoms with Crippen molar-refractivity contribution in [3.05, 3.63) is 47.2 Å². The molecule has 0 atom stereocenters. The van der Waals surface area contributed by atoms with E-state index in [1.165, 1.54) is 0 Å². The smallest absolute Gasteiger partial charge is 0.0702 e. The summed E-state index contributed by atoms with van der Waals surface area (Å²) in [4.78, 5) is 2.96. The monoisotopic (exact) mass is 207 g/mol. The van der Waals surface area contributed by atoms with Crippen LogP contribution in [0.3, 0.4) is 0 Å². The molecule has 0 aliphatic carbocycles. The largest absolute Gasteiger partial charge is 0.392 e. The standard InChI is InChI=1S/C11H10ClNO/c12-11-4-2-1-3-9(11)10-6-13-5-8(10)7-14/h1-6,13-14H,7H2. The fourth-order valence-electron chi connectivity index (χ4n) is 1.46. The molecule has 1 heterocycles. The van der Waals surface area contributed by atoms with Crippen LogP contribution in [0.1, 0.15) is 5.56 Å². The number of benzene rings is 1. The van der Waals surface area contributed by atoms with Gasteiger partial charge in [-0.05, 0) is 6.07 Å². The first kappa shape index (κ1) is 9.31. The summed E-state index contributed by atoms with van der Waals surface area (Å²) in [5.74, 6) is 0. The maximum Gasteiger partial charge on any atom is 0.0702 e. The van der Waals surface area contributed by atoms with E-state index in [1.807, 2.05) is 30.5 Å². The van der Waals surface area contributed by atoms with Crippen LogP contribution >= 0.6 is 11.6 Å². The van der Waals surface area contributed by atoms with Crippen LogP contribution in [-0.4, -0.2) is 10.1 Å². The molecule has 0 aliphatic rings. The van der Waals surface area contributed by atoms with E-state index in [1.54, 1.807) is 6.20 Å². The van der Waals surface area contributed by atoms with Crippen molar-refractivity contribution >= 4 is 11.6 Å². The van der Waals surface area contributed by atoms with E-state index in [9.17, 15) is 0 Å². The van der Waals surface area contributed by atoms with E-state index in [4.69, 9.17) is 16.7 Å². The highest BCUT2D eigenvalue weighted by molar-refractivity contribution is 6.33. The normalized spacial score (nSPS) is 10.4. The SMILES string of the molecule is OCc1c[nH]cc1-c1ccccc1Cl. The second kappa shape index (κ2) is 3.86. The summed E-state index contributed by atoms with van der Waals surface area (Å²) in [6.07, 6.45) is 3.62. The summed E-state index contributed by atoms with van der Waals surface area (Å²) in [6, 6.07) is 7.59. The van der Waals surface area contributed by atoms with E-state index in [2.05, 4.69) is 4.98 Å². The topological polar surface area (TPSA) is 36.0 Å². The first-order valence-corrected chi connectivity index (χ1v) is 4.72. The highest BCUT2D eigenvalue weighted by atomic mass is 35.5. The highest BCUT2D eigenvalue weighted by Crippen LogP contribution is 2.29. The van der Waals surface area contributed by atoms with Gasteiger partial charge in [0.1, 0.15) is 0 Å². The summed E-state index contributed by atoms with van der Waals surface area (Å²) in [5.41, 5.74) is 2.76. The van der Waals surface area contributed by atoms with Crippen LogP contribution in [0.2, 0.25) is 5.02 Å². The molecule has 0 aliphatic heterocycles. The third kappa shape index (κ3) is 1.54. The number of aliphatic hydroxyl groups excluding tert-OH is 1. The molecule has 0 fully saturated rings.